The summed E-state index contributed by atoms with van der Waals surface area (Å²) in [6.45, 7) is 2.60. The van der Waals surface area contributed by atoms with Crippen LogP contribution in [0.15, 0.2) is 0 Å². The fraction of sp³-hybridized carbons (Fsp3) is 1.00. The van der Waals surface area contributed by atoms with Crippen LogP contribution in [0.1, 0.15) is 116 Å². The zero-order chi connectivity index (χ0) is 16.3. The van der Waals surface area contributed by atoms with Crippen LogP contribution in [0.5, 0.6) is 0 Å². The molecule has 134 valence electrons. The molecule has 0 aromatic carbocycles. The van der Waals surface area contributed by atoms with Crippen molar-refractivity contribution < 1.29 is 10.2 Å². The Balaban J connectivity index is 3.11. The van der Waals surface area contributed by atoms with Crippen molar-refractivity contribution in [1.29, 1.82) is 0 Å². The van der Waals surface area contributed by atoms with Gasteiger partial charge in [0.15, 0.2) is 0 Å². The maximum atomic E-state index is 9.97. The first-order chi connectivity index (χ1) is 10.8. The second-order valence-corrected chi connectivity index (χ2v) is 6.90. The van der Waals surface area contributed by atoms with Gasteiger partial charge in [0.1, 0.15) is 0 Å². The Morgan fingerprint density at radius 3 is 1.32 bits per heavy atom. The molecule has 0 rings (SSSR count). The molecule has 0 bridgehead atoms. The minimum Gasteiger partial charge on any atom is -0.396 e. The van der Waals surface area contributed by atoms with E-state index in [1.807, 2.05) is 0 Å². The molecule has 0 amide bonds. The molecular formula is C20H42O2. The molecule has 0 saturated carbocycles. The summed E-state index contributed by atoms with van der Waals surface area (Å²) in [7, 11) is 0. The topological polar surface area (TPSA) is 40.5 Å². The summed E-state index contributed by atoms with van der Waals surface area (Å²) in [5.74, 6) is 0. The molecule has 0 aliphatic heterocycles. The zero-order valence-electron chi connectivity index (χ0n) is 15.2. The number of aliphatic hydroxyl groups is 2. The number of unbranched alkanes of at least 4 members (excludes halogenated alkanes) is 13. The average molecular weight is 315 g/mol. The Kier molecular flexibility index (Phi) is 18.9. The van der Waals surface area contributed by atoms with E-state index in [9.17, 15) is 5.11 Å². The standard InChI is InChI=1S/C20H42O2/c1-2-3-4-5-8-11-14-17-20(22)18-15-12-9-6-7-10-13-16-19-21/h20-22H,2-19H2,1H3. The van der Waals surface area contributed by atoms with Gasteiger partial charge in [-0.2, -0.15) is 0 Å². The summed E-state index contributed by atoms with van der Waals surface area (Å²) in [6, 6.07) is 0. The smallest absolute Gasteiger partial charge is 0.0540 e. The van der Waals surface area contributed by atoms with Crippen molar-refractivity contribution in [3.63, 3.8) is 0 Å². The minimum atomic E-state index is -0.0554. The van der Waals surface area contributed by atoms with Crippen LogP contribution < -0.4 is 0 Å². The SMILES string of the molecule is CCCCCCCCCC(O)CCCCCCCCCCO. The first-order valence-electron chi connectivity index (χ1n) is 10.1. The van der Waals surface area contributed by atoms with E-state index in [1.54, 1.807) is 0 Å². The number of aliphatic hydroxyl groups excluding tert-OH is 2. The normalized spacial score (nSPS) is 12.7. The molecule has 0 aromatic rings. The lowest BCUT2D eigenvalue weighted by Crippen LogP contribution is -2.05. The fourth-order valence-corrected chi connectivity index (χ4v) is 3.03. The summed E-state index contributed by atoms with van der Waals surface area (Å²) >= 11 is 0. The quantitative estimate of drug-likeness (QED) is 0.305. The molecule has 0 aliphatic rings. The van der Waals surface area contributed by atoms with Crippen molar-refractivity contribution in [2.75, 3.05) is 6.61 Å². The van der Waals surface area contributed by atoms with Crippen LogP contribution in [0.4, 0.5) is 0 Å². The van der Waals surface area contributed by atoms with Crippen molar-refractivity contribution in [1.82, 2.24) is 0 Å². The van der Waals surface area contributed by atoms with Crippen molar-refractivity contribution in [2.24, 2.45) is 0 Å². The molecule has 2 N–H and O–H groups in total. The summed E-state index contributed by atoms with van der Waals surface area (Å²) in [6.07, 6.45) is 21.1. The van der Waals surface area contributed by atoms with Gasteiger partial charge in [0.2, 0.25) is 0 Å². The van der Waals surface area contributed by atoms with Crippen LogP contribution in [-0.4, -0.2) is 22.9 Å². The highest BCUT2D eigenvalue weighted by Gasteiger charge is 2.03. The van der Waals surface area contributed by atoms with E-state index in [0.717, 1.165) is 19.3 Å². The predicted octanol–water partition coefficient (Wildman–Crippen LogP) is 5.99. The van der Waals surface area contributed by atoms with E-state index in [2.05, 4.69) is 6.92 Å². The average Bonchev–Trinajstić information content (AvgIpc) is 2.52. The van der Waals surface area contributed by atoms with Crippen LogP contribution in [0.2, 0.25) is 0 Å². The predicted molar refractivity (Wildman–Crippen MR) is 97.3 cm³/mol. The largest absolute Gasteiger partial charge is 0.396 e. The van der Waals surface area contributed by atoms with E-state index < -0.39 is 0 Å². The molecular weight excluding hydrogens is 272 g/mol. The molecule has 1 atom stereocenters. The molecule has 0 radical (unpaired) electrons. The van der Waals surface area contributed by atoms with Crippen LogP contribution in [0, 0.1) is 0 Å². The third-order valence-corrected chi connectivity index (χ3v) is 4.59. The van der Waals surface area contributed by atoms with Crippen molar-refractivity contribution in [2.45, 2.75) is 122 Å². The fourth-order valence-electron chi connectivity index (χ4n) is 3.03. The van der Waals surface area contributed by atoms with Gasteiger partial charge in [-0.1, -0.05) is 96.8 Å². The van der Waals surface area contributed by atoms with Gasteiger partial charge in [-0.3, -0.25) is 0 Å². The monoisotopic (exact) mass is 314 g/mol. The van der Waals surface area contributed by atoms with Gasteiger partial charge in [-0.05, 0) is 19.3 Å². The Hall–Kier alpha value is -0.0800. The van der Waals surface area contributed by atoms with Gasteiger partial charge in [0, 0.05) is 6.61 Å². The minimum absolute atomic E-state index is 0.0554. The third-order valence-electron chi connectivity index (χ3n) is 4.59. The maximum Gasteiger partial charge on any atom is 0.0540 e. The van der Waals surface area contributed by atoms with Crippen molar-refractivity contribution >= 4 is 0 Å². The van der Waals surface area contributed by atoms with Crippen molar-refractivity contribution in [3.05, 3.63) is 0 Å². The highest BCUT2D eigenvalue weighted by Crippen LogP contribution is 2.14. The van der Waals surface area contributed by atoms with Gasteiger partial charge in [0.25, 0.3) is 0 Å². The van der Waals surface area contributed by atoms with E-state index in [4.69, 9.17) is 5.11 Å². The lowest BCUT2D eigenvalue weighted by atomic mass is 10.0. The van der Waals surface area contributed by atoms with Crippen molar-refractivity contribution in [3.8, 4) is 0 Å². The van der Waals surface area contributed by atoms with Gasteiger partial charge in [-0.15, -0.1) is 0 Å². The van der Waals surface area contributed by atoms with Gasteiger partial charge < -0.3 is 10.2 Å². The zero-order valence-corrected chi connectivity index (χ0v) is 15.2. The number of rotatable bonds is 18. The first-order valence-corrected chi connectivity index (χ1v) is 10.1. The molecule has 0 saturated heterocycles. The molecule has 2 nitrogen and oxygen atoms in total. The Morgan fingerprint density at radius 2 is 0.909 bits per heavy atom. The van der Waals surface area contributed by atoms with Gasteiger partial charge in [0.05, 0.1) is 6.10 Å². The molecule has 2 heteroatoms. The summed E-state index contributed by atoms with van der Waals surface area (Å²) in [5, 5.41) is 18.7. The lowest BCUT2D eigenvalue weighted by molar-refractivity contribution is 0.147. The summed E-state index contributed by atoms with van der Waals surface area (Å²) in [4.78, 5) is 0. The Bertz CT molecular complexity index is 194. The lowest BCUT2D eigenvalue weighted by Gasteiger charge is -2.10. The Morgan fingerprint density at radius 1 is 0.545 bits per heavy atom. The highest BCUT2D eigenvalue weighted by molar-refractivity contribution is 4.57. The van der Waals surface area contributed by atoms with Crippen LogP contribution in [0.3, 0.4) is 0 Å². The molecule has 0 spiro atoms. The third kappa shape index (κ3) is 18.0. The summed E-state index contributed by atoms with van der Waals surface area (Å²) in [5.41, 5.74) is 0. The molecule has 0 heterocycles. The van der Waals surface area contributed by atoms with E-state index in [-0.39, 0.29) is 6.10 Å². The molecule has 0 aromatic heterocycles. The van der Waals surface area contributed by atoms with Crippen LogP contribution in [0.25, 0.3) is 0 Å². The van der Waals surface area contributed by atoms with E-state index >= 15 is 0 Å². The number of hydrogen-bond donors (Lipinski definition) is 2. The second kappa shape index (κ2) is 19.0. The van der Waals surface area contributed by atoms with Gasteiger partial charge >= 0.3 is 0 Å². The Labute approximate surface area is 139 Å². The van der Waals surface area contributed by atoms with Crippen LogP contribution in [-0.2, 0) is 0 Å². The summed E-state index contributed by atoms with van der Waals surface area (Å²) < 4.78 is 0. The first kappa shape index (κ1) is 21.9. The maximum absolute atomic E-state index is 9.97. The molecule has 0 fully saturated rings. The van der Waals surface area contributed by atoms with E-state index in [1.165, 1.54) is 89.9 Å². The molecule has 22 heavy (non-hydrogen) atoms. The highest BCUT2D eigenvalue weighted by atomic mass is 16.3. The van der Waals surface area contributed by atoms with Gasteiger partial charge in [-0.25, -0.2) is 0 Å². The molecule has 0 aliphatic carbocycles. The second-order valence-electron chi connectivity index (χ2n) is 6.90. The van der Waals surface area contributed by atoms with Crippen LogP contribution >= 0.6 is 0 Å². The van der Waals surface area contributed by atoms with E-state index in [0.29, 0.717) is 6.61 Å². The number of hydrogen-bond acceptors (Lipinski definition) is 2. The molecule has 1 unspecified atom stereocenters.